The van der Waals surface area contributed by atoms with Gasteiger partial charge in [-0.15, -0.1) is 10.2 Å². The maximum atomic E-state index is 13.0. The fourth-order valence-corrected chi connectivity index (χ4v) is 3.45. The van der Waals surface area contributed by atoms with Crippen LogP contribution in [0.25, 0.3) is 17.2 Å². The zero-order valence-corrected chi connectivity index (χ0v) is 16.0. The molecule has 0 saturated carbocycles. The highest BCUT2D eigenvalue weighted by Crippen LogP contribution is 2.27. The molecule has 0 bridgehead atoms. The van der Waals surface area contributed by atoms with Crippen LogP contribution < -0.4 is 5.32 Å². The van der Waals surface area contributed by atoms with Crippen LogP contribution in [0.5, 0.6) is 0 Å². The molecule has 0 radical (unpaired) electrons. The topological polar surface area (TPSA) is 72.7 Å². The van der Waals surface area contributed by atoms with E-state index in [1.807, 2.05) is 53.1 Å². The summed E-state index contributed by atoms with van der Waals surface area (Å²) in [7, 11) is 0. The minimum atomic E-state index is -0.351. The van der Waals surface area contributed by atoms with Gasteiger partial charge < -0.3 is 5.32 Å². The van der Waals surface area contributed by atoms with Crippen molar-refractivity contribution in [2.24, 2.45) is 0 Å². The van der Waals surface area contributed by atoms with E-state index in [4.69, 9.17) is 0 Å². The lowest BCUT2D eigenvalue weighted by atomic mass is 10.3. The highest BCUT2D eigenvalue weighted by Gasteiger charge is 2.17. The van der Waals surface area contributed by atoms with Crippen molar-refractivity contribution in [2.75, 3.05) is 11.1 Å². The molecule has 8 heteroatoms. The molecule has 6 nitrogen and oxygen atoms in total. The lowest BCUT2D eigenvalue weighted by Gasteiger charge is -2.10. The van der Waals surface area contributed by atoms with Crippen LogP contribution in [0.3, 0.4) is 0 Å². The van der Waals surface area contributed by atoms with E-state index in [1.165, 1.54) is 36.0 Å². The first-order chi connectivity index (χ1) is 14.2. The minimum Gasteiger partial charge on any atom is -0.325 e. The summed E-state index contributed by atoms with van der Waals surface area (Å²) < 4.78 is 14.9. The van der Waals surface area contributed by atoms with E-state index in [2.05, 4.69) is 20.5 Å². The van der Waals surface area contributed by atoms with Gasteiger partial charge in [0.15, 0.2) is 11.0 Å². The van der Waals surface area contributed by atoms with Crippen LogP contribution in [0.1, 0.15) is 0 Å². The molecule has 2 aromatic heterocycles. The number of nitrogens with zero attached hydrogens (tertiary/aromatic N) is 4. The zero-order valence-electron chi connectivity index (χ0n) is 15.2. The van der Waals surface area contributed by atoms with E-state index < -0.39 is 0 Å². The minimum absolute atomic E-state index is 0.130. The van der Waals surface area contributed by atoms with E-state index in [-0.39, 0.29) is 17.5 Å². The Morgan fingerprint density at radius 3 is 2.45 bits per heavy atom. The number of carbonyl (C=O) groups is 1. The summed E-state index contributed by atoms with van der Waals surface area (Å²) in [6.45, 7) is 0. The number of nitrogens with one attached hydrogen (secondary N) is 1. The number of carbonyl (C=O) groups excluding carboxylic acids is 1. The molecule has 1 amide bonds. The van der Waals surface area contributed by atoms with Crippen LogP contribution in [-0.4, -0.2) is 31.4 Å². The van der Waals surface area contributed by atoms with Crippen LogP contribution >= 0.6 is 11.8 Å². The summed E-state index contributed by atoms with van der Waals surface area (Å²) in [6.07, 6.45) is 1.70. The number of benzene rings is 2. The van der Waals surface area contributed by atoms with Gasteiger partial charge in [0, 0.05) is 17.6 Å². The van der Waals surface area contributed by atoms with Gasteiger partial charge in [0.05, 0.1) is 5.75 Å². The second kappa shape index (κ2) is 8.66. The molecular weight excluding hydrogens is 389 g/mol. The van der Waals surface area contributed by atoms with Gasteiger partial charge >= 0.3 is 0 Å². The number of pyridine rings is 1. The predicted octanol–water partition coefficient (Wildman–Crippen LogP) is 4.20. The number of rotatable bonds is 6. The third-order valence-corrected chi connectivity index (χ3v) is 4.93. The second-order valence-corrected chi connectivity index (χ2v) is 6.98. The van der Waals surface area contributed by atoms with Crippen LogP contribution in [0.15, 0.2) is 84.1 Å². The third kappa shape index (κ3) is 4.49. The van der Waals surface area contributed by atoms with Crippen molar-refractivity contribution in [3.8, 4) is 17.2 Å². The van der Waals surface area contributed by atoms with Gasteiger partial charge in [-0.3, -0.25) is 14.3 Å². The van der Waals surface area contributed by atoms with Crippen LogP contribution in [0, 0.1) is 5.82 Å². The van der Waals surface area contributed by atoms with E-state index in [0.29, 0.717) is 22.4 Å². The Kier molecular flexibility index (Phi) is 5.62. The summed E-state index contributed by atoms with van der Waals surface area (Å²) in [5.41, 5.74) is 2.10. The number of halogens is 1. The fourth-order valence-electron chi connectivity index (χ4n) is 2.69. The van der Waals surface area contributed by atoms with Crippen molar-refractivity contribution in [1.82, 2.24) is 19.7 Å². The monoisotopic (exact) mass is 405 g/mol. The molecule has 0 aliphatic carbocycles. The summed E-state index contributed by atoms with van der Waals surface area (Å²) in [4.78, 5) is 16.7. The van der Waals surface area contributed by atoms with Crippen molar-refractivity contribution in [1.29, 1.82) is 0 Å². The van der Waals surface area contributed by atoms with Gasteiger partial charge in [-0.2, -0.15) is 0 Å². The Labute approximate surface area is 170 Å². The van der Waals surface area contributed by atoms with E-state index >= 15 is 0 Å². The molecule has 1 N–H and O–H groups in total. The second-order valence-electron chi connectivity index (χ2n) is 6.04. The van der Waals surface area contributed by atoms with Gasteiger partial charge in [-0.25, -0.2) is 4.39 Å². The van der Waals surface area contributed by atoms with Gasteiger partial charge in [-0.05, 0) is 48.5 Å². The number of amides is 1. The Bertz CT molecular complexity index is 1100. The highest BCUT2D eigenvalue weighted by atomic mass is 32.2. The maximum absolute atomic E-state index is 13.0. The van der Waals surface area contributed by atoms with E-state index in [9.17, 15) is 9.18 Å². The number of para-hydroxylation sites is 1. The van der Waals surface area contributed by atoms with Gasteiger partial charge in [0.1, 0.15) is 11.5 Å². The van der Waals surface area contributed by atoms with Gasteiger partial charge in [0.2, 0.25) is 5.91 Å². The van der Waals surface area contributed by atoms with Crippen molar-refractivity contribution < 1.29 is 9.18 Å². The van der Waals surface area contributed by atoms with Crippen LogP contribution in [0.2, 0.25) is 0 Å². The largest absolute Gasteiger partial charge is 0.325 e. The molecule has 0 unspecified atom stereocenters. The molecule has 0 spiro atoms. The van der Waals surface area contributed by atoms with Crippen LogP contribution in [-0.2, 0) is 4.79 Å². The molecule has 4 rings (SSSR count). The van der Waals surface area contributed by atoms with Gasteiger partial charge in [-0.1, -0.05) is 36.0 Å². The molecule has 29 heavy (non-hydrogen) atoms. The average molecular weight is 405 g/mol. The van der Waals surface area contributed by atoms with Crippen LogP contribution in [0.4, 0.5) is 10.1 Å². The smallest absolute Gasteiger partial charge is 0.234 e. The van der Waals surface area contributed by atoms with Crippen molar-refractivity contribution in [3.63, 3.8) is 0 Å². The molecule has 2 aromatic carbocycles. The normalized spacial score (nSPS) is 10.7. The quantitative estimate of drug-likeness (QED) is 0.487. The number of anilines is 1. The molecule has 144 valence electrons. The molecule has 0 aliphatic rings. The Balaban J connectivity index is 1.56. The molecular formula is C21H16FN5OS. The van der Waals surface area contributed by atoms with Crippen molar-refractivity contribution >= 4 is 23.4 Å². The highest BCUT2D eigenvalue weighted by molar-refractivity contribution is 7.99. The third-order valence-electron chi connectivity index (χ3n) is 4.00. The summed E-state index contributed by atoms with van der Waals surface area (Å²) >= 11 is 1.26. The summed E-state index contributed by atoms with van der Waals surface area (Å²) in [5, 5.41) is 11.9. The molecule has 0 atom stereocenters. The van der Waals surface area contributed by atoms with Gasteiger partial charge in [0.25, 0.3) is 0 Å². The van der Waals surface area contributed by atoms with E-state index in [0.717, 1.165) is 5.69 Å². The SMILES string of the molecule is O=C(CSc1nnc(-c2ccccn2)n1-c1ccccc1)Nc1ccc(F)cc1. The fraction of sp³-hybridized carbons (Fsp3) is 0.0476. The number of hydrogen-bond acceptors (Lipinski definition) is 5. The zero-order chi connectivity index (χ0) is 20.1. The molecule has 4 aromatic rings. The standard InChI is InChI=1S/C21H16FN5OS/c22-15-9-11-16(12-10-15)24-19(28)14-29-21-26-25-20(18-8-4-5-13-23-18)27(21)17-6-2-1-3-7-17/h1-13H,14H2,(H,24,28). The first kappa shape index (κ1) is 18.8. The molecule has 0 saturated heterocycles. The number of thioether (sulfide) groups is 1. The lowest BCUT2D eigenvalue weighted by molar-refractivity contribution is -0.113. The van der Waals surface area contributed by atoms with Crippen molar-refractivity contribution in [3.05, 3.63) is 84.8 Å². The number of aromatic nitrogens is 4. The van der Waals surface area contributed by atoms with E-state index in [1.54, 1.807) is 6.20 Å². The first-order valence-corrected chi connectivity index (χ1v) is 9.80. The maximum Gasteiger partial charge on any atom is 0.234 e. The average Bonchev–Trinajstić information content (AvgIpc) is 3.19. The number of hydrogen-bond donors (Lipinski definition) is 1. The Morgan fingerprint density at radius 1 is 0.966 bits per heavy atom. The Morgan fingerprint density at radius 2 is 1.72 bits per heavy atom. The predicted molar refractivity (Wildman–Crippen MR) is 110 cm³/mol. The summed E-state index contributed by atoms with van der Waals surface area (Å²) in [6, 6.07) is 20.9. The first-order valence-electron chi connectivity index (χ1n) is 8.81. The molecule has 2 heterocycles. The molecule has 0 fully saturated rings. The Hall–Kier alpha value is -3.52. The van der Waals surface area contributed by atoms with Crippen molar-refractivity contribution in [2.45, 2.75) is 5.16 Å². The summed E-state index contributed by atoms with van der Waals surface area (Å²) in [5.74, 6) is 0.155. The molecule has 0 aliphatic heterocycles. The lowest BCUT2D eigenvalue weighted by Crippen LogP contribution is -2.14.